The van der Waals surface area contributed by atoms with Crippen molar-refractivity contribution in [3.63, 3.8) is 0 Å². The molecule has 2 unspecified atom stereocenters. The highest BCUT2D eigenvalue weighted by Gasteiger charge is 2.39. The molecule has 0 amide bonds. The van der Waals surface area contributed by atoms with E-state index in [4.69, 9.17) is 16.6 Å². The largest absolute Gasteiger partial charge is 0.288 e. The number of allylic oxidation sites excluding steroid dienone is 2. The van der Waals surface area contributed by atoms with Crippen molar-refractivity contribution in [2.75, 3.05) is 0 Å². The van der Waals surface area contributed by atoms with Crippen molar-refractivity contribution >= 4 is 46.8 Å². The van der Waals surface area contributed by atoms with Gasteiger partial charge in [0, 0.05) is 22.1 Å². The van der Waals surface area contributed by atoms with Crippen LogP contribution in [0, 0.1) is 0 Å². The number of benzene rings is 2. The van der Waals surface area contributed by atoms with Crippen LogP contribution in [0.3, 0.4) is 0 Å². The molecule has 5 rings (SSSR count). The zero-order valence-electron chi connectivity index (χ0n) is 16.7. The number of hydrogen-bond acceptors (Lipinski definition) is 5. The van der Waals surface area contributed by atoms with Crippen LogP contribution in [0.5, 0.6) is 0 Å². The highest BCUT2D eigenvalue weighted by molar-refractivity contribution is 8.07. The van der Waals surface area contributed by atoms with Gasteiger partial charge in [0.2, 0.25) is 5.78 Å². The third kappa shape index (κ3) is 4.26. The van der Waals surface area contributed by atoms with E-state index in [9.17, 15) is 4.79 Å². The number of thioether (sulfide) groups is 1. The second kappa shape index (κ2) is 8.27. The fraction of sp³-hybridized carbons (Fsp3) is 0.160. The quantitative estimate of drug-likeness (QED) is 0.544. The maximum atomic E-state index is 13.1. The molecule has 1 aliphatic heterocycles. The van der Waals surface area contributed by atoms with Gasteiger partial charge in [-0.05, 0) is 37.1 Å². The van der Waals surface area contributed by atoms with E-state index in [1.165, 1.54) is 17.3 Å². The topological polar surface area (TPSA) is 54.1 Å². The first-order valence-corrected chi connectivity index (χ1v) is 11.2. The van der Waals surface area contributed by atoms with Gasteiger partial charge in [0.25, 0.3) is 0 Å². The highest BCUT2D eigenvalue weighted by Crippen LogP contribution is 2.44. The molecule has 31 heavy (non-hydrogen) atoms. The summed E-state index contributed by atoms with van der Waals surface area (Å²) in [6.07, 6.45) is 6.14. The minimum atomic E-state index is -0.0176. The Hall–Kier alpha value is -2.98. The summed E-state index contributed by atoms with van der Waals surface area (Å²) in [6.45, 7) is 1.87. The van der Waals surface area contributed by atoms with Crippen molar-refractivity contribution < 1.29 is 4.79 Å². The molecular formula is C25H18ClN3OS. The lowest BCUT2D eigenvalue weighted by Crippen LogP contribution is -2.16. The first-order chi connectivity index (χ1) is 15.1. The second-order valence-corrected chi connectivity index (χ2v) is 9.04. The van der Waals surface area contributed by atoms with Gasteiger partial charge in [0.05, 0.1) is 34.8 Å². The molecule has 0 radical (unpaired) electrons. The molecule has 6 heteroatoms. The Labute approximate surface area is 189 Å². The number of halogens is 1. The van der Waals surface area contributed by atoms with Gasteiger partial charge in [-0.2, -0.15) is 0 Å². The summed E-state index contributed by atoms with van der Waals surface area (Å²) < 4.78 is 0. The summed E-state index contributed by atoms with van der Waals surface area (Å²) in [7, 11) is 0. The Morgan fingerprint density at radius 3 is 2.71 bits per heavy atom. The van der Waals surface area contributed by atoms with Gasteiger partial charge < -0.3 is 0 Å². The van der Waals surface area contributed by atoms with Gasteiger partial charge in [0.1, 0.15) is 5.03 Å². The number of ketones is 1. The van der Waals surface area contributed by atoms with Crippen LogP contribution in [0.25, 0.3) is 0 Å². The normalized spacial score (nSPS) is 23.1. The minimum absolute atomic E-state index is 0.0176. The van der Waals surface area contributed by atoms with E-state index < -0.39 is 0 Å². The van der Waals surface area contributed by atoms with Crippen LogP contribution in [0.1, 0.15) is 40.7 Å². The summed E-state index contributed by atoms with van der Waals surface area (Å²) in [4.78, 5) is 27.3. The van der Waals surface area contributed by atoms with Crippen LogP contribution in [-0.2, 0) is 0 Å². The number of rotatable bonds is 4. The van der Waals surface area contributed by atoms with Crippen molar-refractivity contribution in [3.05, 3.63) is 98.2 Å². The van der Waals surface area contributed by atoms with Gasteiger partial charge in [-0.25, -0.2) is 4.99 Å². The van der Waals surface area contributed by atoms with Crippen molar-refractivity contribution in [1.82, 2.24) is 0 Å². The number of Topliss-reactive ketones (excluding diaryl/α,β-unsaturated/α-hetero) is 1. The van der Waals surface area contributed by atoms with Crippen molar-refractivity contribution in [2.24, 2.45) is 15.0 Å². The number of fused-ring (bicyclic) bond motifs is 1. The Balaban J connectivity index is 1.46. The van der Waals surface area contributed by atoms with Gasteiger partial charge in [0.15, 0.2) is 0 Å². The maximum absolute atomic E-state index is 13.1. The maximum Gasteiger partial charge on any atom is 0.200 e. The predicted octanol–water partition coefficient (Wildman–Crippen LogP) is 6.00. The Kier molecular flexibility index (Phi) is 5.33. The molecule has 152 valence electrons. The summed E-state index contributed by atoms with van der Waals surface area (Å²) in [5.74, 6) is 0.368. The van der Waals surface area contributed by atoms with Gasteiger partial charge in [-0.15, -0.1) is 0 Å². The molecule has 0 saturated heterocycles. The molecule has 2 aliphatic carbocycles. The number of hydrogen-bond donors (Lipinski definition) is 0. The first-order valence-electron chi connectivity index (χ1n) is 9.99. The predicted molar refractivity (Wildman–Crippen MR) is 129 cm³/mol. The monoisotopic (exact) mass is 443 g/mol. The van der Waals surface area contributed by atoms with Crippen molar-refractivity contribution in [2.45, 2.75) is 25.3 Å². The molecule has 0 bridgehead atoms. The molecule has 1 saturated carbocycles. The third-order valence-corrected chi connectivity index (χ3v) is 6.52. The van der Waals surface area contributed by atoms with E-state index in [0.717, 1.165) is 28.4 Å². The molecule has 0 aromatic heterocycles. The Morgan fingerprint density at radius 1 is 1.13 bits per heavy atom. The van der Waals surface area contributed by atoms with Crippen LogP contribution in [0.2, 0.25) is 5.02 Å². The van der Waals surface area contributed by atoms with Crippen LogP contribution in [-0.4, -0.2) is 29.5 Å². The van der Waals surface area contributed by atoms with E-state index in [1.807, 2.05) is 49.4 Å². The standard InChI is InChI=1S/C25H18ClN3OS/c1-15-14-28-24(10-11-27-15)31-23-13-22(18-4-2-3-5-19(18)25(23)30)29-21-12-20(21)16-6-8-17(26)9-7-16/h2-9,11,13-14,20-21H,12H2,1H3. The molecule has 2 atom stereocenters. The first kappa shape index (κ1) is 20.0. The second-order valence-electron chi connectivity index (χ2n) is 7.57. The summed E-state index contributed by atoms with van der Waals surface area (Å²) in [6, 6.07) is 15.8. The molecule has 0 N–H and O–H groups in total. The molecule has 4 nitrogen and oxygen atoms in total. The minimum Gasteiger partial charge on any atom is -0.288 e. The zero-order chi connectivity index (χ0) is 21.4. The Bertz CT molecular complexity index is 1260. The van der Waals surface area contributed by atoms with E-state index in [2.05, 4.69) is 27.8 Å². The lowest BCUT2D eigenvalue weighted by Gasteiger charge is -2.17. The van der Waals surface area contributed by atoms with E-state index in [0.29, 0.717) is 21.4 Å². The summed E-state index contributed by atoms with van der Waals surface area (Å²) >= 11 is 7.31. The van der Waals surface area contributed by atoms with E-state index >= 15 is 0 Å². The number of aliphatic imine (C=N–C) groups is 3. The average Bonchev–Trinajstić information content (AvgIpc) is 3.57. The molecule has 1 fully saturated rings. The van der Waals surface area contributed by atoms with Gasteiger partial charge in [-0.1, -0.05) is 65.5 Å². The molecule has 2 aromatic rings. The molecular weight excluding hydrogens is 426 g/mol. The summed E-state index contributed by atoms with van der Waals surface area (Å²) in [5, 5.41) is 1.34. The molecule has 2 aromatic carbocycles. The van der Waals surface area contributed by atoms with Gasteiger partial charge >= 0.3 is 0 Å². The van der Waals surface area contributed by atoms with Gasteiger partial charge in [-0.3, -0.25) is 14.8 Å². The van der Waals surface area contributed by atoms with Crippen molar-refractivity contribution in [1.29, 1.82) is 0 Å². The lowest BCUT2D eigenvalue weighted by molar-refractivity contribution is 0.104. The van der Waals surface area contributed by atoms with Crippen LogP contribution in [0.15, 0.2) is 91.4 Å². The highest BCUT2D eigenvalue weighted by atomic mass is 35.5. The number of nitrogens with zero attached hydrogens (tertiary/aromatic N) is 3. The Morgan fingerprint density at radius 2 is 1.90 bits per heavy atom. The SMILES string of the molecule is CC1=NC=C=C(SC2=CC(=NC3CC3c3ccc(Cl)cc3)c3ccccc3C2=O)N=C1. The fourth-order valence-corrected chi connectivity index (χ4v) is 4.55. The van der Waals surface area contributed by atoms with Crippen LogP contribution < -0.4 is 0 Å². The molecule has 1 heterocycles. The average molecular weight is 444 g/mol. The lowest BCUT2D eigenvalue weighted by atomic mass is 9.94. The van der Waals surface area contributed by atoms with Crippen molar-refractivity contribution in [3.8, 4) is 0 Å². The van der Waals surface area contributed by atoms with E-state index in [1.54, 1.807) is 12.4 Å². The molecule has 0 spiro atoms. The van der Waals surface area contributed by atoms with E-state index in [-0.39, 0.29) is 11.8 Å². The smallest absolute Gasteiger partial charge is 0.200 e. The zero-order valence-corrected chi connectivity index (χ0v) is 18.3. The number of carbonyl (C=O) groups excluding carboxylic acids is 1. The summed E-state index contributed by atoms with van der Waals surface area (Å²) in [5.41, 5.74) is 7.46. The fourth-order valence-electron chi connectivity index (χ4n) is 3.63. The van der Waals surface area contributed by atoms with Crippen LogP contribution >= 0.6 is 23.4 Å². The van der Waals surface area contributed by atoms with Crippen LogP contribution in [0.4, 0.5) is 0 Å². The molecule has 3 aliphatic rings. The third-order valence-electron chi connectivity index (χ3n) is 5.33. The number of carbonyl (C=O) groups is 1.